The summed E-state index contributed by atoms with van der Waals surface area (Å²) in [6.45, 7) is 0. The first-order valence-electron chi connectivity index (χ1n) is 3.94. The summed E-state index contributed by atoms with van der Waals surface area (Å²) in [4.78, 5) is 11.5. The number of thiophene rings is 1. The molecule has 1 aromatic heterocycles. The third-order valence-electron chi connectivity index (χ3n) is 1.61. The minimum atomic E-state index is 0.178. The van der Waals surface area contributed by atoms with Gasteiger partial charge in [0.15, 0.2) is 5.78 Å². The van der Waals surface area contributed by atoms with E-state index in [1.165, 1.54) is 11.3 Å². The van der Waals surface area contributed by atoms with E-state index in [2.05, 4.69) is 21.9 Å². The molecule has 0 aliphatic carbocycles. The lowest BCUT2D eigenvalue weighted by molar-refractivity contribution is 0.0981. The monoisotopic (exact) mass is 256 g/mol. The smallest absolute Gasteiger partial charge is 0.163 e. The molecule has 0 radical (unpaired) electrons. The van der Waals surface area contributed by atoms with Crippen LogP contribution in [-0.4, -0.2) is 5.78 Å². The molecule has 1 rings (SSSR count). The molecule has 0 saturated heterocycles. The highest BCUT2D eigenvalue weighted by atomic mass is 79.9. The van der Waals surface area contributed by atoms with Crippen LogP contribution < -0.4 is 0 Å². The molecular formula is C10H9BrOS. The lowest BCUT2D eigenvalue weighted by atomic mass is 10.1. The van der Waals surface area contributed by atoms with Crippen molar-refractivity contribution in [3.05, 3.63) is 20.8 Å². The highest BCUT2D eigenvalue weighted by Crippen LogP contribution is 2.21. The molecule has 0 aliphatic heterocycles. The van der Waals surface area contributed by atoms with E-state index in [-0.39, 0.29) is 5.78 Å². The molecule has 0 atom stereocenters. The lowest BCUT2D eigenvalue weighted by Gasteiger charge is -1.93. The number of terminal acetylenes is 1. The summed E-state index contributed by atoms with van der Waals surface area (Å²) >= 11 is 4.84. The Bertz CT molecular complexity index is 335. The van der Waals surface area contributed by atoms with Gasteiger partial charge < -0.3 is 0 Å². The Balaban J connectivity index is 2.45. The predicted octanol–water partition coefficient (Wildman–Crippen LogP) is 3.50. The quantitative estimate of drug-likeness (QED) is 0.458. The Morgan fingerprint density at radius 1 is 1.69 bits per heavy atom. The highest BCUT2D eigenvalue weighted by Gasteiger charge is 2.06. The Kier molecular flexibility index (Phi) is 4.20. The maximum absolute atomic E-state index is 11.5. The zero-order valence-corrected chi connectivity index (χ0v) is 9.45. The van der Waals surface area contributed by atoms with E-state index < -0.39 is 0 Å². The zero-order valence-electron chi connectivity index (χ0n) is 7.05. The number of hydrogen-bond acceptors (Lipinski definition) is 2. The summed E-state index contributed by atoms with van der Waals surface area (Å²) in [6, 6.07) is 1.85. The average Bonchev–Trinajstić information content (AvgIpc) is 2.52. The van der Waals surface area contributed by atoms with Gasteiger partial charge in [-0.3, -0.25) is 4.79 Å². The molecule has 0 bridgehead atoms. The molecule has 13 heavy (non-hydrogen) atoms. The van der Waals surface area contributed by atoms with E-state index in [1.807, 2.05) is 11.4 Å². The molecule has 0 N–H and O–H groups in total. The van der Waals surface area contributed by atoms with E-state index in [0.29, 0.717) is 12.8 Å². The molecule has 1 nitrogen and oxygen atoms in total. The number of carbonyl (C=O) groups is 1. The van der Waals surface area contributed by atoms with Gasteiger partial charge in [-0.2, -0.15) is 0 Å². The van der Waals surface area contributed by atoms with Crippen molar-refractivity contribution in [1.29, 1.82) is 0 Å². The maximum atomic E-state index is 11.5. The van der Waals surface area contributed by atoms with Crippen LogP contribution in [0.5, 0.6) is 0 Å². The Labute approximate surface area is 90.3 Å². The van der Waals surface area contributed by atoms with Crippen molar-refractivity contribution < 1.29 is 4.79 Å². The van der Waals surface area contributed by atoms with Gasteiger partial charge in [0.2, 0.25) is 0 Å². The molecule has 0 unspecified atom stereocenters. The highest BCUT2D eigenvalue weighted by molar-refractivity contribution is 9.11. The van der Waals surface area contributed by atoms with Gasteiger partial charge in [-0.25, -0.2) is 0 Å². The van der Waals surface area contributed by atoms with Crippen molar-refractivity contribution >= 4 is 33.0 Å². The van der Waals surface area contributed by atoms with Crippen molar-refractivity contribution in [3.8, 4) is 12.3 Å². The van der Waals surface area contributed by atoms with E-state index in [0.717, 1.165) is 15.8 Å². The van der Waals surface area contributed by atoms with Crippen LogP contribution in [0.4, 0.5) is 0 Å². The molecule has 1 heterocycles. The van der Waals surface area contributed by atoms with Gasteiger partial charge in [0.1, 0.15) is 0 Å². The lowest BCUT2D eigenvalue weighted by Crippen LogP contribution is -1.95. The molecule has 0 saturated carbocycles. The molecule has 3 heteroatoms. The Hall–Kier alpha value is -0.590. The first-order chi connectivity index (χ1) is 6.24. The second-order valence-electron chi connectivity index (χ2n) is 2.62. The molecular weight excluding hydrogens is 248 g/mol. The van der Waals surface area contributed by atoms with Gasteiger partial charge in [-0.1, -0.05) is 0 Å². The van der Waals surface area contributed by atoms with Crippen LogP contribution in [0.1, 0.15) is 29.6 Å². The third-order valence-corrected chi connectivity index (χ3v) is 3.12. The fourth-order valence-corrected chi connectivity index (χ4v) is 2.11. The van der Waals surface area contributed by atoms with Crippen LogP contribution >= 0.6 is 27.3 Å². The summed E-state index contributed by atoms with van der Waals surface area (Å²) in [5, 5.41) is 1.86. The van der Waals surface area contributed by atoms with Crippen LogP contribution in [-0.2, 0) is 0 Å². The molecule has 68 valence electrons. The van der Waals surface area contributed by atoms with Crippen LogP contribution in [0, 0.1) is 12.3 Å². The Morgan fingerprint density at radius 3 is 3.00 bits per heavy atom. The molecule has 0 aromatic carbocycles. The molecule has 0 fully saturated rings. The number of rotatable bonds is 4. The molecule has 0 amide bonds. The van der Waals surface area contributed by atoms with E-state index in [4.69, 9.17) is 6.42 Å². The summed E-state index contributed by atoms with van der Waals surface area (Å²) < 4.78 is 0.993. The first-order valence-corrected chi connectivity index (χ1v) is 5.62. The summed E-state index contributed by atoms with van der Waals surface area (Å²) in [5.41, 5.74) is 0.786. The fourth-order valence-electron chi connectivity index (χ4n) is 0.952. The Morgan fingerprint density at radius 2 is 2.46 bits per heavy atom. The van der Waals surface area contributed by atoms with Gasteiger partial charge >= 0.3 is 0 Å². The number of unbranched alkanes of at least 4 members (excludes halogenated alkanes) is 1. The summed E-state index contributed by atoms with van der Waals surface area (Å²) in [6.07, 6.45) is 7.10. The standard InChI is InChI=1S/C10H9BrOS/c1-2-3-4-5-9(12)8-6-10(11)13-7-8/h1,6-7H,3-5H2. The minimum Gasteiger partial charge on any atom is -0.294 e. The van der Waals surface area contributed by atoms with E-state index >= 15 is 0 Å². The van der Waals surface area contributed by atoms with Crippen molar-refractivity contribution in [2.24, 2.45) is 0 Å². The normalized spacial score (nSPS) is 9.54. The number of halogens is 1. The largest absolute Gasteiger partial charge is 0.294 e. The number of hydrogen-bond donors (Lipinski definition) is 0. The summed E-state index contributed by atoms with van der Waals surface area (Å²) in [5.74, 6) is 2.70. The number of Topliss-reactive ketones (excluding diaryl/α,β-unsaturated/α-hetero) is 1. The summed E-state index contributed by atoms with van der Waals surface area (Å²) in [7, 11) is 0. The molecule has 0 spiro atoms. The van der Waals surface area contributed by atoms with Crippen LogP contribution in [0.3, 0.4) is 0 Å². The van der Waals surface area contributed by atoms with E-state index in [9.17, 15) is 4.79 Å². The van der Waals surface area contributed by atoms with Crippen LogP contribution in [0.25, 0.3) is 0 Å². The van der Waals surface area contributed by atoms with Crippen molar-refractivity contribution in [2.75, 3.05) is 0 Å². The second kappa shape index (κ2) is 5.21. The van der Waals surface area contributed by atoms with Gasteiger partial charge in [-0.05, 0) is 28.4 Å². The van der Waals surface area contributed by atoms with Crippen LogP contribution in [0.15, 0.2) is 15.2 Å². The van der Waals surface area contributed by atoms with Gasteiger partial charge in [0, 0.05) is 23.8 Å². The SMILES string of the molecule is C#CCCCC(=O)c1csc(Br)c1. The van der Waals surface area contributed by atoms with Crippen molar-refractivity contribution in [1.82, 2.24) is 0 Å². The van der Waals surface area contributed by atoms with E-state index in [1.54, 1.807) is 0 Å². The predicted molar refractivity (Wildman–Crippen MR) is 59.0 cm³/mol. The van der Waals surface area contributed by atoms with Gasteiger partial charge in [0.25, 0.3) is 0 Å². The topological polar surface area (TPSA) is 17.1 Å². The minimum absolute atomic E-state index is 0.178. The van der Waals surface area contributed by atoms with Crippen molar-refractivity contribution in [2.45, 2.75) is 19.3 Å². The third kappa shape index (κ3) is 3.33. The van der Waals surface area contributed by atoms with Crippen LogP contribution in [0.2, 0.25) is 0 Å². The molecule has 1 aromatic rings. The fraction of sp³-hybridized carbons (Fsp3) is 0.300. The second-order valence-corrected chi connectivity index (χ2v) is 4.91. The first kappa shape index (κ1) is 10.5. The number of carbonyl (C=O) groups excluding carboxylic acids is 1. The zero-order chi connectivity index (χ0) is 9.68. The van der Waals surface area contributed by atoms with Gasteiger partial charge in [0.05, 0.1) is 3.79 Å². The maximum Gasteiger partial charge on any atom is 0.163 e. The molecule has 0 aliphatic rings. The average molecular weight is 257 g/mol. The number of ketones is 1. The van der Waals surface area contributed by atoms with Gasteiger partial charge in [-0.15, -0.1) is 23.7 Å². The van der Waals surface area contributed by atoms with Crippen molar-refractivity contribution in [3.63, 3.8) is 0 Å².